The molecule has 2 fully saturated rings. The van der Waals surface area contributed by atoms with Gasteiger partial charge in [-0.1, -0.05) is 6.58 Å². The molecule has 3 heteroatoms. The summed E-state index contributed by atoms with van der Waals surface area (Å²) in [6, 6.07) is 0.154. The largest absolute Gasteiger partial charge is 0.456 e. The van der Waals surface area contributed by atoms with Crippen LogP contribution in [0.5, 0.6) is 0 Å². The number of ether oxygens (including phenoxy) is 1. The Hall–Kier alpha value is -1.30. The molecule has 2 aliphatic rings. The quantitative estimate of drug-likeness (QED) is 0.406. The monoisotopic (exact) mass is 219 g/mol. The normalized spacial score (nSPS) is 40.4. The van der Waals surface area contributed by atoms with E-state index < -0.39 is 0 Å². The third-order valence-corrected chi connectivity index (χ3v) is 4.03. The molecule has 0 N–H and O–H groups in total. The number of carbonyl (C=O) groups is 1. The molecule has 2 aliphatic carbocycles. The SMILES string of the molecule is [C-]#[N+]C1CC2CC1CC2(C)OC(=O)C(=C)C. The fraction of sp³-hybridized carbons (Fsp3) is 0.692. The van der Waals surface area contributed by atoms with Crippen molar-refractivity contribution < 1.29 is 9.53 Å². The summed E-state index contributed by atoms with van der Waals surface area (Å²) in [6.07, 6.45) is 2.75. The van der Waals surface area contributed by atoms with Gasteiger partial charge in [-0.05, 0) is 26.7 Å². The lowest BCUT2D eigenvalue weighted by Crippen LogP contribution is -2.39. The Morgan fingerprint density at radius 2 is 2.25 bits per heavy atom. The molecule has 86 valence electrons. The van der Waals surface area contributed by atoms with Gasteiger partial charge in [-0.15, -0.1) is 0 Å². The van der Waals surface area contributed by atoms with Crippen molar-refractivity contribution in [2.45, 2.75) is 44.8 Å². The fourth-order valence-corrected chi connectivity index (χ4v) is 3.09. The second-order valence-corrected chi connectivity index (χ2v) is 5.31. The Kier molecular flexibility index (Phi) is 2.53. The highest BCUT2D eigenvalue weighted by atomic mass is 16.6. The maximum Gasteiger partial charge on any atom is 0.333 e. The van der Waals surface area contributed by atoms with E-state index in [0.29, 0.717) is 17.4 Å². The smallest absolute Gasteiger partial charge is 0.333 e. The zero-order chi connectivity index (χ0) is 11.9. The Bertz CT molecular complexity index is 382. The van der Waals surface area contributed by atoms with Gasteiger partial charge < -0.3 is 9.58 Å². The highest BCUT2D eigenvalue weighted by molar-refractivity contribution is 5.87. The molecule has 0 aromatic heterocycles. The van der Waals surface area contributed by atoms with Gasteiger partial charge in [0.25, 0.3) is 0 Å². The van der Waals surface area contributed by atoms with Crippen LogP contribution in [0, 0.1) is 18.4 Å². The molecule has 0 saturated heterocycles. The molecule has 0 radical (unpaired) electrons. The highest BCUT2D eigenvalue weighted by Crippen LogP contribution is 2.53. The summed E-state index contributed by atoms with van der Waals surface area (Å²) in [5, 5.41) is 0. The van der Waals surface area contributed by atoms with E-state index in [9.17, 15) is 4.79 Å². The summed E-state index contributed by atoms with van der Waals surface area (Å²) < 4.78 is 5.55. The van der Waals surface area contributed by atoms with Crippen LogP contribution in [0.4, 0.5) is 0 Å². The minimum Gasteiger partial charge on any atom is -0.456 e. The summed E-state index contributed by atoms with van der Waals surface area (Å²) in [5.41, 5.74) is 0.0905. The minimum atomic E-state index is -0.359. The van der Waals surface area contributed by atoms with Gasteiger partial charge in [-0.3, -0.25) is 0 Å². The zero-order valence-electron chi connectivity index (χ0n) is 9.82. The Labute approximate surface area is 96.3 Å². The number of carbonyl (C=O) groups excluding carboxylic acids is 1. The molecule has 0 spiro atoms. The second-order valence-electron chi connectivity index (χ2n) is 5.31. The van der Waals surface area contributed by atoms with Crippen LogP contribution < -0.4 is 0 Å². The van der Waals surface area contributed by atoms with Crippen LogP contribution in [-0.2, 0) is 9.53 Å². The van der Waals surface area contributed by atoms with Gasteiger partial charge in [-0.2, -0.15) is 0 Å². The molecule has 0 aliphatic heterocycles. The third-order valence-electron chi connectivity index (χ3n) is 4.03. The first-order valence-corrected chi connectivity index (χ1v) is 5.71. The molecule has 2 bridgehead atoms. The molecule has 3 nitrogen and oxygen atoms in total. The number of hydrogen-bond acceptors (Lipinski definition) is 2. The van der Waals surface area contributed by atoms with E-state index in [0.717, 1.165) is 19.3 Å². The van der Waals surface area contributed by atoms with Gasteiger partial charge in [0.1, 0.15) is 5.60 Å². The number of fused-ring (bicyclic) bond motifs is 2. The predicted octanol–water partition coefficient (Wildman–Crippen LogP) is 2.58. The van der Waals surface area contributed by atoms with Crippen molar-refractivity contribution in [3.8, 4) is 0 Å². The van der Waals surface area contributed by atoms with E-state index in [2.05, 4.69) is 11.4 Å². The molecule has 4 atom stereocenters. The number of hydrogen-bond donors (Lipinski definition) is 0. The molecule has 2 rings (SSSR count). The molecule has 0 heterocycles. The third kappa shape index (κ3) is 1.63. The van der Waals surface area contributed by atoms with Crippen molar-refractivity contribution >= 4 is 5.97 Å². The number of esters is 1. The number of nitrogens with zero attached hydrogens (tertiary/aromatic N) is 1. The van der Waals surface area contributed by atoms with Crippen molar-refractivity contribution in [1.82, 2.24) is 0 Å². The van der Waals surface area contributed by atoms with Crippen molar-refractivity contribution in [1.29, 1.82) is 0 Å². The lowest BCUT2D eigenvalue weighted by molar-refractivity contribution is -0.158. The molecular formula is C13H17NO2. The standard InChI is InChI=1S/C13H17NO2/c1-8(2)12(15)16-13(3)7-9-5-10(13)6-11(9)14-4/h9-11H,1,5-7H2,2-3H3. The van der Waals surface area contributed by atoms with Crippen molar-refractivity contribution in [3.05, 3.63) is 23.6 Å². The summed E-state index contributed by atoms with van der Waals surface area (Å²) in [4.78, 5) is 15.2. The van der Waals surface area contributed by atoms with Gasteiger partial charge in [0.15, 0.2) is 0 Å². The lowest BCUT2D eigenvalue weighted by atomic mass is 9.83. The van der Waals surface area contributed by atoms with Gasteiger partial charge in [0.05, 0.1) is 0 Å². The van der Waals surface area contributed by atoms with Crippen molar-refractivity contribution in [2.24, 2.45) is 11.8 Å². The van der Waals surface area contributed by atoms with Crippen molar-refractivity contribution in [3.63, 3.8) is 0 Å². The Balaban J connectivity index is 2.06. The van der Waals surface area contributed by atoms with Crippen molar-refractivity contribution in [2.75, 3.05) is 0 Å². The fourth-order valence-electron chi connectivity index (χ4n) is 3.09. The van der Waals surface area contributed by atoms with Crippen LogP contribution in [0.3, 0.4) is 0 Å². The summed E-state index contributed by atoms with van der Waals surface area (Å²) in [5.74, 6) is 0.486. The second kappa shape index (κ2) is 3.62. The molecule has 16 heavy (non-hydrogen) atoms. The lowest BCUT2D eigenvalue weighted by Gasteiger charge is -2.33. The number of rotatable bonds is 2. The van der Waals surface area contributed by atoms with Crippen LogP contribution in [0.1, 0.15) is 33.1 Å². The zero-order valence-corrected chi connectivity index (χ0v) is 9.82. The summed E-state index contributed by atoms with van der Waals surface area (Å²) in [7, 11) is 0. The maximum atomic E-state index is 11.5. The van der Waals surface area contributed by atoms with E-state index in [1.807, 2.05) is 6.92 Å². The van der Waals surface area contributed by atoms with Gasteiger partial charge >= 0.3 is 5.97 Å². The van der Waals surface area contributed by atoms with E-state index >= 15 is 0 Å². The molecule has 0 aromatic rings. The van der Waals surface area contributed by atoms with Crippen LogP contribution in [0.2, 0.25) is 0 Å². The molecule has 4 unspecified atom stereocenters. The maximum absolute atomic E-state index is 11.5. The first-order chi connectivity index (χ1) is 7.46. The first-order valence-electron chi connectivity index (χ1n) is 5.71. The van der Waals surface area contributed by atoms with E-state index in [1.165, 1.54) is 0 Å². The average molecular weight is 219 g/mol. The predicted molar refractivity (Wildman–Crippen MR) is 60.5 cm³/mol. The molecule has 0 aromatic carbocycles. The Morgan fingerprint density at radius 3 is 2.69 bits per heavy atom. The van der Waals surface area contributed by atoms with Crippen LogP contribution in [0.25, 0.3) is 4.85 Å². The van der Waals surface area contributed by atoms with Gasteiger partial charge in [0.2, 0.25) is 6.04 Å². The van der Waals surface area contributed by atoms with E-state index in [1.54, 1.807) is 6.92 Å². The van der Waals surface area contributed by atoms with E-state index in [-0.39, 0.29) is 17.6 Å². The Morgan fingerprint density at radius 1 is 1.56 bits per heavy atom. The minimum absolute atomic E-state index is 0.154. The molecule has 0 amide bonds. The van der Waals surface area contributed by atoms with Gasteiger partial charge in [-0.25, -0.2) is 11.4 Å². The van der Waals surface area contributed by atoms with E-state index in [4.69, 9.17) is 11.3 Å². The average Bonchev–Trinajstić information content (AvgIpc) is 2.73. The topological polar surface area (TPSA) is 30.7 Å². The van der Waals surface area contributed by atoms with Crippen LogP contribution in [-0.4, -0.2) is 17.6 Å². The highest BCUT2D eigenvalue weighted by Gasteiger charge is 2.57. The summed E-state index contributed by atoms with van der Waals surface area (Å²) >= 11 is 0. The first kappa shape index (κ1) is 11.2. The molecule has 2 saturated carbocycles. The summed E-state index contributed by atoms with van der Waals surface area (Å²) in [6.45, 7) is 14.4. The van der Waals surface area contributed by atoms with Crippen LogP contribution in [0.15, 0.2) is 12.2 Å². The van der Waals surface area contributed by atoms with Gasteiger partial charge in [0, 0.05) is 23.8 Å². The molecular weight excluding hydrogens is 202 g/mol. The van der Waals surface area contributed by atoms with Crippen LogP contribution >= 0.6 is 0 Å².